The number of anilines is 1. The molecule has 4 rings (SSSR count). The first-order chi connectivity index (χ1) is 14.8. The van der Waals surface area contributed by atoms with Gasteiger partial charge in [-0.3, -0.25) is 9.59 Å². The molecule has 162 valence electrons. The van der Waals surface area contributed by atoms with E-state index in [1.807, 2.05) is 18.2 Å². The zero-order chi connectivity index (χ0) is 22.2. The highest BCUT2D eigenvalue weighted by atomic mass is 16.7. The molecule has 3 aromatic rings. The van der Waals surface area contributed by atoms with Gasteiger partial charge in [0.2, 0.25) is 0 Å². The molecule has 0 aliphatic carbocycles. The van der Waals surface area contributed by atoms with Gasteiger partial charge in [-0.05, 0) is 24.1 Å². The number of aromatic amines is 1. The number of fused-ring (bicyclic) bond motifs is 1. The van der Waals surface area contributed by atoms with Crippen molar-refractivity contribution >= 4 is 22.4 Å². The molecule has 1 saturated heterocycles. The summed E-state index contributed by atoms with van der Waals surface area (Å²) in [6.45, 7) is 9.17. The third kappa shape index (κ3) is 4.24. The second kappa shape index (κ2) is 8.24. The average Bonchev–Trinajstić information content (AvgIpc) is 2.74. The molecular formula is C24H27N3O4. The maximum Gasteiger partial charge on any atom is 0.276 e. The van der Waals surface area contributed by atoms with Crippen molar-refractivity contribution < 1.29 is 14.3 Å². The van der Waals surface area contributed by atoms with Gasteiger partial charge in [0, 0.05) is 22.1 Å². The minimum absolute atomic E-state index is 0.0567. The van der Waals surface area contributed by atoms with Crippen molar-refractivity contribution in [2.24, 2.45) is 11.3 Å². The second-order valence-electron chi connectivity index (χ2n) is 8.96. The Hall–Kier alpha value is -3.03. The molecule has 0 radical (unpaired) electrons. The number of hydrogen-bond donors (Lipinski definition) is 2. The third-order valence-electron chi connectivity index (χ3n) is 5.58. The van der Waals surface area contributed by atoms with Gasteiger partial charge in [-0.25, -0.2) is 5.10 Å². The topological polar surface area (TPSA) is 93.3 Å². The Kier molecular flexibility index (Phi) is 5.64. The van der Waals surface area contributed by atoms with Crippen LogP contribution in [0.2, 0.25) is 0 Å². The molecule has 1 aromatic heterocycles. The fourth-order valence-electron chi connectivity index (χ4n) is 4.20. The predicted octanol–water partition coefficient (Wildman–Crippen LogP) is 4.27. The number of amides is 1. The van der Waals surface area contributed by atoms with Crippen LogP contribution in [0.1, 0.15) is 50.0 Å². The van der Waals surface area contributed by atoms with Crippen LogP contribution in [0.4, 0.5) is 5.69 Å². The van der Waals surface area contributed by atoms with Gasteiger partial charge in [0.05, 0.1) is 18.1 Å². The Morgan fingerprint density at radius 3 is 2.65 bits per heavy atom. The molecule has 1 aliphatic heterocycles. The number of nitrogens with one attached hydrogen (secondary N) is 2. The van der Waals surface area contributed by atoms with Crippen LogP contribution in [-0.2, 0) is 9.47 Å². The van der Waals surface area contributed by atoms with Crippen LogP contribution in [-0.4, -0.2) is 28.8 Å². The van der Waals surface area contributed by atoms with Crippen molar-refractivity contribution in [3.05, 3.63) is 70.1 Å². The predicted molar refractivity (Wildman–Crippen MR) is 119 cm³/mol. The van der Waals surface area contributed by atoms with E-state index < -0.39 is 12.2 Å². The largest absolute Gasteiger partial charge is 0.348 e. The first-order valence-electron chi connectivity index (χ1n) is 10.4. The van der Waals surface area contributed by atoms with Gasteiger partial charge < -0.3 is 14.8 Å². The van der Waals surface area contributed by atoms with E-state index in [1.54, 1.807) is 30.3 Å². The molecule has 1 amide bonds. The third-order valence-corrected chi connectivity index (χ3v) is 5.58. The number of ether oxygens (including phenoxy) is 2. The number of aromatic nitrogens is 2. The summed E-state index contributed by atoms with van der Waals surface area (Å²) in [6.07, 6.45) is -0.439. The van der Waals surface area contributed by atoms with Crippen molar-refractivity contribution in [1.29, 1.82) is 0 Å². The number of rotatable bonds is 4. The molecule has 1 fully saturated rings. The summed E-state index contributed by atoms with van der Waals surface area (Å²) in [5, 5.41) is 10.1. The maximum atomic E-state index is 12.9. The zero-order valence-electron chi connectivity index (χ0n) is 18.1. The smallest absolute Gasteiger partial charge is 0.276 e. The molecule has 2 heterocycles. The van der Waals surface area contributed by atoms with Gasteiger partial charge in [0.25, 0.3) is 11.5 Å². The molecular weight excluding hydrogens is 394 g/mol. The van der Waals surface area contributed by atoms with E-state index in [2.05, 4.69) is 43.2 Å². The molecule has 2 unspecified atom stereocenters. The lowest BCUT2D eigenvalue weighted by molar-refractivity contribution is -0.274. The van der Waals surface area contributed by atoms with Gasteiger partial charge in [-0.15, -0.1) is 0 Å². The van der Waals surface area contributed by atoms with Crippen LogP contribution < -0.4 is 10.9 Å². The Labute approximate surface area is 180 Å². The maximum absolute atomic E-state index is 12.9. The average molecular weight is 421 g/mol. The molecule has 7 heteroatoms. The summed E-state index contributed by atoms with van der Waals surface area (Å²) in [4.78, 5) is 24.9. The fourth-order valence-corrected chi connectivity index (χ4v) is 4.20. The normalized spacial score (nSPS) is 20.7. The van der Waals surface area contributed by atoms with Crippen LogP contribution >= 0.6 is 0 Å². The lowest BCUT2D eigenvalue weighted by Gasteiger charge is -2.44. The number of hydrogen-bond acceptors (Lipinski definition) is 5. The van der Waals surface area contributed by atoms with Crippen LogP contribution in [0.3, 0.4) is 0 Å². The number of H-pyrrole nitrogens is 1. The van der Waals surface area contributed by atoms with Gasteiger partial charge in [0.15, 0.2) is 12.0 Å². The Morgan fingerprint density at radius 1 is 1.16 bits per heavy atom. The number of benzene rings is 2. The van der Waals surface area contributed by atoms with E-state index in [0.717, 1.165) is 5.56 Å². The highest BCUT2D eigenvalue weighted by molar-refractivity contribution is 6.11. The Bertz CT molecular complexity index is 1170. The zero-order valence-corrected chi connectivity index (χ0v) is 18.1. The molecule has 0 bridgehead atoms. The molecule has 1 aliphatic rings. The van der Waals surface area contributed by atoms with Crippen molar-refractivity contribution in [3.63, 3.8) is 0 Å². The molecule has 0 spiro atoms. The van der Waals surface area contributed by atoms with Gasteiger partial charge in [-0.2, -0.15) is 5.10 Å². The molecule has 0 saturated carbocycles. The summed E-state index contributed by atoms with van der Waals surface area (Å²) in [5.74, 6) is -0.0554. The van der Waals surface area contributed by atoms with Crippen LogP contribution in [0.25, 0.3) is 10.8 Å². The molecule has 2 atom stereocenters. The number of nitrogens with zero attached hydrogens (tertiary/aromatic N) is 1. The summed E-state index contributed by atoms with van der Waals surface area (Å²) in [7, 11) is 0. The van der Waals surface area contributed by atoms with E-state index in [-0.39, 0.29) is 22.8 Å². The second-order valence-corrected chi connectivity index (χ2v) is 8.96. The number of carbonyl (C=O) groups excluding carboxylic acids is 1. The Balaban J connectivity index is 1.57. The quantitative estimate of drug-likeness (QED) is 0.656. The first kappa shape index (κ1) is 21.2. The molecule has 31 heavy (non-hydrogen) atoms. The van der Waals surface area contributed by atoms with Crippen molar-refractivity contribution in [2.75, 3.05) is 11.9 Å². The van der Waals surface area contributed by atoms with Gasteiger partial charge >= 0.3 is 0 Å². The van der Waals surface area contributed by atoms with Crippen molar-refractivity contribution in [2.45, 2.75) is 40.1 Å². The van der Waals surface area contributed by atoms with Crippen LogP contribution in [0.15, 0.2) is 53.3 Å². The first-order valence-corrected chi connectivity index (χ1v) is 10.4. The summed E-state index contributed by atoms with van der Waals surface area (Å²) >= 11 is 0. The lowest BCUT2D eigenvalue weighted by Crippen LogP contribution is -2.45. The molecule has 2 aromatic carbocycles. The molecule has 2 N–H and O–H groups in total. The minimum Gasteiger partial charge on any atom is -0.348 e. The van der Waals surface area contributed by atoms with Gasteiger partial charge in [0.1, 0.15) is 0 Å². The highest BCUT2D eigenvalue weighted by Crippen LogP contribution is 2.39. The lowest BCUT2D eigenvalue weighted by atomic mass is 9.80. The summed E-state index contributed by atoms with van der Waals surface area (Å²) < 4.78 is 12.3. The summed E-state index contributed by atoms with van der Waals surface area (Å²) in [6, 6.07) is 14.3. The number of carbonyl (C=O) groups is 1. The minimum atomic E-state index is -0.496. The van der Waals surface area contributed by atoms with Gasteiger partial charge in [-0.1, -0.05) is 58.0 Å². The Morgan fingerprint density at radius 2 is 1.90 bits per heavy atom. The van der Waals surface area contributed by atoms with Crippen molar-refractivity contribution in [3.8, 4) is 0 Å². The van der Waals surface area contributed by atoms with Crippen molar-refractivity contribution in [1.82, 2.24) is 10.2 Å². The van der Waals surface area contributed by atoms with E-state index in [0.29, 0.717) is 29.0 Å². The van der Waals surface area contributed by atoms with E-state index >= 15 is 0 Å². The fraction of sp³-hybridized carbons (Fsp3) is 0.375. The van der Waals surface area contributed by atoms with E-state index in [1.165, 1.54) is 0 Å². The van der Waals surface area contributed by atoms with Crippen LogP contribution in [0.5, 0.6) is 0 Å². The summed E-state index contributed by atoms with van der Waals surface area (Å²) in [5.41, 5.74) is 1.18. The SMILES string of the molecule is CC(C)C1OC(c2cccc(NC(=O)c3n[nH]c(=O)c4ccccc34)c2)OCC1(C)C. The van der Waals surface area contributed by atoms with E-state index in [9.17, 15) is 9.59 Å². The highest BCUT2D eigenvalue weighted by Gasteiger charge is 2.40. The standard InChI is InChI=1S/C24H27N3O4/c1-14(2)20-24(3,4)13-30-23(31-20)15-8-7-9-16(12-15)25-22(29)19-17-10-5-6-11-18(17)21(28)27-26-19/h5-12,14,20,23H,13H2,1-4H3,(H,25,29)(H,27,28). The monoisotopic (exact) mass is 421 g/mol. The van der Waals surface area contributed by atoms with Crippen LogP contribution in [0, 0.1) is 11.3 Å². The van der Waals surface area contributed by atoms with E-state index in [4.69, 9.17) is 9.47 Å². The molecule has 7 nitrogen and oxygen atoms in total.